The van der Waals surface area contributed by atoms with Gasteiger partial charge >= 0.3 is 5.97 Å². The molecule has 0 aliphatic heterocycles. The zero-order valence-corrected chi connectivity index (χ0v) is 18.6. The molecule has 0 bridgehead atoms. The summed E-state index contributed by atoms with van der Waals surface area (Å²) in [7, 11) is 0. The van der Waals surface area contributed by atoms with Gasteiger partial charge in [0.1, 0.15) is 5.75 Å². The summed E-state index contributed by atoms with van der Waals surface area (Å²) in [6, 6.07) is 1.87. The number of nitrogens with one attached hydrogen (secondary N) is 1. The van der Waals surface area contributed by atoms with Gasteiger partial charge in [-0.1, -0.05) is 13.8 Å². The molecule has 5 nitrogen and oxygen atoms in total. The molecule has 0 radical (unpaired) electrons. The first-order valence-corrected chi connectivity index (χ1v) is 9.92. The van der Waals surface area contributed by atoms with Crippen molar-refractivity contribution in [2.24, 2.45) is 0 Å². The van der Waals surface area contributed by atoms with Gasteiger partial charge in [0.15, 0.2) is 6.10 Å². The molecule has 1 aromatic rings. The average molecular weight is 643 g/mol. The number of carboxylic acid groups (broad SMARTS) is 1. The molecule has 2 N–H and O–H groups in total. The summed E-state index contributed by atoms with van der Waals surface area (Å²) in [5.41, 5.74) is 0.676. The van der Waals surface area contributed by atoms with Crippen LogP contribution in [0.3, 0.4) is 0 Å². The van der Waals surface area contributed by atoms with E-state index in [1.165, 1.54) is 0 Å². The van der Waals surface area contributed by atoms with E-state index >= 15 is 0 Å². The Morgan fingerprint density at radius 2 is 1.91 bits per heavy atom. The van der Waals surface area contributed by atoms with E-state index in [1.807, 2.05) is 13.0 Å². The van der Waals surface area contributed by atoms with E-state index in [0.717, 1.165) is 17.1 Å². The Labute approximate surface area is 170 Å². The normalized spacial score (nSPS) is 11.9. The van der Waals surface area contributed by atoms with E-state index in [1.54, 1.807) is 6.92 Å². The van der Waals surface area contributed by atoms with Gasteiger partial charge in [-0.2, -0.15) is 0 Å². The van der Waals surface area contributed by atoms with Gasteiger partial charge in [-0.3, -0.25) is 4.79 Å². The molecular formula is C14H16I3NO4. The number of benzene rings is 1. The zero-order chi connectivity index (χ0) is 16.9. The Balaban J connectivity index is 3.18. The first kappa shape index (κ1) is 20.2. The molecule has 0 saturated carbocycles. The van der Waals surface area contributed by atoms with Crippen molar-refractivity contribution in [2.75, 3.05) is 5.32 Å². The van der Waals surface area contributed by atoms with Crippen molar-refractivity contribution in [2.45, 2.75) is 39.2 Å². The van der Waals surface area contributed by atoms with Gasteiger partial charge in [0.2, 0.25) is 5.91 Å². The molecule has 8 heteroatoms. The van der Waals surface area contributed by atoms with Crippen LogP contribution in [0.15, 0.2) is 6.07 Å². The summed E-state index contributed by atoms with van der Waals surface area (Å²) in [6.45, 7) is 3.70. The Bertz CT molecular complexity index is 578. The largest absolute Gasteiger partial charge is 0.479 e. The van der Waals surface area contributed by atoms with Gasteiger partial charge < -0.3 is 15.2 Å². The summed E-state index contributed by atoms with van der Waals surface area (Å²) in [4.78, 5) is 23.0. The number of carbonyl (C=O) groups excluding carboxylic acids is 1. The monoisotopic (exact) mass is 643 g/mol. The van der Waals surface area contributed by atoms with Crippen molar-refractivity contribution >= 4 is 85.3 Å². The van der Waals surface area contributed by atoms with Crippen LogP contribution in [0, 0.1) is 10.7 Å². The average Bonchev–Trinajstić information content (AvgIpc) is 2.43. The molecule has 0 aromatic heterocycles. The molecule has 22 heavy (non-hydrogen) atoms. The molecule has 0 heterocycles. The third-order valence-electron chi connectivity index (χ3n) is 2.78. The summed E-state index contributed by atoms with van der Waals surface area (Å²) in [5.74, 6) is -0.553. The predicted molar refractivity (Wildman–Crippen MR) is 110 cm³/mol. The summed E-state index contributed by atoms with van der Waals surface area (Å²) in [5, 5.41) is 12.0. The molecule has 0 spiro atoms. The van der Waals surface area contributed by atoms with Gasteiger partial charge in [0.25, 0.3) is 0 Å². The fourth-order valence-corrected chi connectivity index (χ4v) is 5.57. The first-order valence-electron chi connectivity index (χ1n) is 6.68. The quantitative estimate of drug-likeness (QED) is 0.431. The maximum absolute atomic E-state index is 11.8. The lowest BCUT2D eigenvalue weighted by Gasteiger charge is -2.19. The van der Waals surface area contributed by atoms with E-state index in [2.05, 4.69) is 73.1 Å². The number of anilines is 1. The van der Waals surface area contributed by atoms with Crippen LogP contribution in [0.4, 0.5) is 5.69 Å². The number of ether oxygens (including phenoxy) is 1. The number of hydrogen-bond donors (Lipinski definition) is 2. The van der Waals surface area contributed by atoms with Crippen molar-refractivity contribution < 1.29 is 19.4 Å². The van der Waals surface area contributed by atoms with Crippen molar-refractivity contribution in [1.82, 2.24) is 0 Å². The SMILES string of the molecule is CCCC(=O)Nc1c(I)cc(I)c(OC(CC)C(=O)O)c1I. The smallest absolute Gasteiger partial charge is 0.344 e. The molecule has 0 aliphatic rings. The van der Waals surface area contributed by atoms with Gasteiger partial charge in [-0.15, -0.1) is 0 Å². The number of amides is 1. The maximum Gasteiger partial charge on any atom is 0.344 e. The lowest BCUT2D eigenvalue weighted by atomic mass is 10.2. The highest BCUT2D eigenvalue weighted by molar-refractivity contribution is 14.1. The van der Waals surface area contributed by atoms with E-state index in [0.29, 0.717) is 24.3 Å². The molecule has 122 valence electrons. The molecule has 1 amide bonds. The Hall–Kier alpha value is 0.150. The van der Waals surface area contributed by atoms with Crippen LogP contribution < -0.4 is 10.1 Å². The minimum atomic E-state index is -0.996. The van der Waals surface area contributed by atoms with Crippen LogP contribution in [-0.4, -0.2) is 23.1 Å². The highest BCUT2D eigenvalue weighted by Crippen LogP contribution is 2.37. The molecule has 0 saturated heterocycles. The second kappa shape index (κ2) is 9.45. The van der Waals surface area contributed by atoms with Crippen molar-refractivity contribution in [3.63, 3.8) is 0 Å². The lowest BCUT2D eigenvalue weighted by molar-refractivity contribution is -0.145. The molecule has 0 fully saturated rings. The molecule has 1 unspecified atom stereocenters. The Kier molecular flexibility index (Phi) is 8.67. The highest BCUT2D eigenvalue weighted by atomic mass is 127. The number of rotatable bonds is 7. The van der Waals surface area contributed by atoms with Gasteiger partial charge in [0, 0.05) is 9.99 Å². The molecular weight excluding hydrogens is 627 g/mol. The second-order valence-corrected chi connectivity index (χ2v) is 7.91. The fourth-order valence-electron chi connectivity index (χ4n) is 1.67. The molecule has 1 atom stereocenters. The van der Waals surface area contributed by atoms with Gasteiger partial charge in [0.05, 0.1) is 12.8 Å². The topological polar surface area (TPSA) is 75.6 Å². The van der Waals surface area contributed by atoms with Crippen molar-refractivity contribution in [3.05, 3.63) is 16.8 Å². The third kappa shape index (κ3) is 5.35. The number of carbonyl (C=O) groups is 2. The first-order chi connectivity index (χ1) is 10.3. The fraction of sp³-hybridized carbons (Fsp3) is 0.429. The highest BCUT2D eigenvalue weighted by Gasteiger charge is 2.23. The van der Waals surface area contributed by atoms with Gasteiger partial charge in [-0.25, -0.2) is 4.79 Å². The van der Waals surface area contributed by atoms with Crippen molar-refractivity contribution in [1.29, 1.82) is 0 Å². The van der Waals surface area contributed by atoms with Gasteiger partial charge in [-0.05, 0) is 86.7 Å². The van der Waals surface area contributed by atoms with Crippen LogP contribution in [0.2, 0.25) is 0 Å². The minimum Gasteiger partial charge on any atom is -0.479 e. The molecule has 1 rings (SSSR count). The van der Waals surface area contributed by atoms with Crippen LogP contribution in [0.1, 0.15) is 33.1 Å². The van der Waals surface area contributed by atoms with E-state index in [-0.39, 0.29) is 5.91 Å². The minimum absolute atomic E-state index is 0.0595. The van der Waals surface area contributed by atoms with E-state index in [4.69, 9.17) is 9.84 Å². The predicted octanol–water partition coefficient (Wildman–Crippen LogP) is 4.48. The standard InChI is InChI=1S/C14H16I3NO4/c1-3-5-10(19)18-12-7(15)6-8(16)13(11(12)17)22-9(4-2)14(20)21/h6,9H,3-5H2,1-2H3,(H,18,19)(H,20,21). The van der Waals surface area contributed by atoms with E-state index in [9.17, 15) is 9.59 Å². The summed E-state index contributed by atoms with van der Waals surface area (Å²) in [6.07, 6.45) is 0.677. The lowest BCUT2D eigenvalue weighted by Crippen LogP contribution is -2.27. The summed E-state index contributed by atoms with van der Waals surface area (Å²) < 4.78 is 8.09. The summed E-state index contributed by atoms with van der Waals surface area (Å²) >= 11 is 6.35. The second-order valence-electron chi connectivity index (χ2n) is 4.51. The Morgan fingerprint density at radius 1 is 1.27 bits per heavy atom. The number of halogens is 3. The zero-order valence-electron chi connectivity index (χ0n) is 12.1. The van der Waals surface area contributed by atoms with E-state index < -0.39 is 12.1 Å². The molecule has 1 aromatic carbocycles. The van der Waals surface area contributed by atoms with Crippen LogP contribution >= 0.6 is 67.8 Å². The number of aliphatic carboxylic acids is 1. The third-order valence-corrected chi connectivity index (χ3v) is 5.46. The van der Waals surface area contributed by atoms with Crippen LogP contribution in [-0.2, 0) is 9.59 Å². The Morgan fingerprint density at radius 3 is 2.41 bits per heavy atom. The number of carboxylic acids is 1. The van der Waals surface area contributed by atoms with Crippen LogP contribution in [0.25, 0.3) is 0 Å². The van der Waals surface area contributed by atoms with Crippen LogP contribution in [0.5, 0.6) is 5.75 Å². The number of hydrogen-bond acceptors (Lipinski definition) is 3. The molecule has 0 aliphatic carbocycles. The van der Waals surface area contributed by atoms with Crippen molar-refractivity contribution in [3.8, 4) is 5.75 Å². The maximum atomic E-state index is 11.8.